The number of hydrogen-bond acceptors (Lipinski definition) is 7. The molecule has 0 spiro atoms. The van der Waals surface area contributed by atoms with E-state index in [9.17, 15) is 9.50 Å². The number of aliphatic hydroxyl groups is 2. The first-order chi connectivity index (χ1) is 14.6. The molecule has 0 aliphatic carbocycles. The topological polar surface area (TPSA) is 116 Å². The maximum atomic E-state index is 14.0. The number of nitrogens with zero attached hydrogens (tertiary/aromatic N) is 3. The molecule has 0 saturated heterocycles. The fourth-order valence-corrected chi connectivity index (χ4v) is 3.07. The van der Waals surface area contributed by atoms with Crippen molar-refractivity contribution < 1.29 is 19.3 Å². The lowest BCUT2D eigenvalue weighted by Crippen LogP contribution is -2.23. The molecule has 0 aliphatic heterocycles. The van der Waals surface area contributed by atoms with Crippen molar-refractivity contribution in [3.8, 4) is 23.0 Å². The van der Waals surface area contributed by atoms with E-state index in [2.05, 4.69) is 25.5 Å². The van der Waals surface area contributed by atoms with Gasteiger partial charge in [0.15, 0.2) is 17.2 Å². The third-order valence-corrected chi connectivity index (χ3v) is 4.62. The Morgan fingerprint density at radius 1 is 1.13 bits per heavy atom. The number of hydrogen-bond donors (Lipinski definition) is 4. The molecule has 8 nitrogen and oxygen atoms in total. The Kier molecular flexibility index (Phi) is 5.75. The molecule has 4 aromatic rings. The maximum Gasteiger partial charge on any atom is 0.326 e. The van der Waals surface area contributed by atoms with Crippen LogP contribution < -0.4 is 10.1 Å². The third kappa shape index (κ3) is 4.04. The summed E-state index contributed by atoms with van der Waals surface area (Å²) in [5, 5.41) is 29.9. The standard InChI is InChI=1S/C20H17ClFN5O3/c21-13-6-2-1-5-12(13)17-16-18(23-9-11(29)10-28)24-20(25-19(16)27-26-17)30-15-8-4-3-7-14(15)22/h1-8,11,28-29H,9-10H2,(H2,23,24,25,26,27). The van der Waals surface area contributed by atoms with Crippen molar-refractivity contribution in [3.63, 3.8) is 0 Å². The fourth-order valence-electron chi connectivity index (χ4n) is 2.84. The van der Waals surface area contributed by atoms with Crippen LogP contribution in [0.3, 0.4) is 0 Å². The van der Waals surface area contributed by atoms with Crippen LogP contribution in [0.1, 0.15) is 0 Å². The van der Waals surface area contributed by atoms with Crippen LogP contribution in [0.4, 0.5) is 10.2 Å². The summed E-state index contributed by atoms with van der Waals surface area (Å²) in [4.78, 5) is 8.58. The zero-order chi connectivity index (χ0) is 21.1. The van der Waals surface area contributed by atoms with E-state index in [-0.39, 0.29) is 29.8 Å². The number of anilines is 1. The van der Waals surface area contributed by atoms with Gasteiger partial charge in [-0.25, -0.2) is 4.39 Å². The van der Waals surface area contributed by atoms with Gasteiger partial charge in [-0.1, -0.05) is 41.9 Å². The van der Waals surface area contributed by atoms with Crippen molar-refractivity contribution in [3.05, 3.63) is 59.4 Å². The number of aromatic nitrogens is 4. The molecule has 154 valence electrons. The molecule has 2 aromatic carbocycles. The van der Waals surface area contributed by atoms with Crippen LogP contribution in [-0.2, 0) is 0 Å². The largest absolute Gasteiger partial charge is 0.421 e. The molecular formula is C20H17ClFN5O3. The highest BCUT2D eigenvalue weighted by Gasteiger charge is 2.20. The second-order valence-electron chi connectivity index (χ2n) is 6.38. The van der Waals surface area contributed by atoms with Gasteiger partial charge >= 0.3 is 6.01 Å². The van der Waals surface area contributed by atoms with E-state index in [1.54, 1.807) is 24.3 Å². The number of halogens is 2. The van der Waals surface area contributed by atoms with Crippen LogP contribution in [0.2, 0.25) is 5.02 Å². The summed E-state index contributed by atoms with van der Waals surface area (Å²) in [5.41, 5.74) is 1.50. The van der Waals surface area contributed by atoms with E-state index in [4.69, 9.17) is 21.4 Å². The van der Waals surface area contributed by atoms with Gasteiger partial charge in [0.1, 0.15) is 5.82 Å². The molecule has 1 unspecified atom stereocenters. The Bertz CT molecular complexity index is 1190. The average Bonchev–Trinajstić information content (AvgIpc) is 3.17. The average molecular weight is 430 g/mol. The predicted molar refractivity (Wildman–Crippen MR) is 110 cm³/mol. The number of ether oxygens (including phenoxy) is 1. The fraction of sp³-hybridized carbons (Fsp3) is 0.150. The van der Waals surface area contributed by atoms with Gasteiger partial charge in [-0.15, -0.1) is 0 Å². The number of benzene rings is 2. The lowest BCUT2D eigenvalue weighted by molar-refractivity contribution is 0.105. The van der Waals surface area contributed by atoms with Crippen LogP contribution >= 0.6 is 11.6 Å². The molecule has 2 heterocycles. The number of para-hydroxylation sites is 1. The van der Waals surface area contributed by atoms with Gasteiger partial charge in [0.05, 0.1) is 23.8 Å². The van der Waals surface area contributed by atoms with Gasteiger partial charge in [0, 0.05) is 17.1 Å². The van der Waals surface area contributed by atoms with Gasteiger partial charge in [0.2, 0.25) is 0 Å². The second-order valence-corrected chi connectivity index (χ2v) is 6.79. The summed E-state index contributed by atoms with van der Waals surface area (Å²) in [6, 6.07) is 12.9. The molecular weight excluding hydrogens is 413 g/mol. The van der Waals surface area contributed by atoms with E-state index in [1.807, 2.05) is 12.1 Å². The lowest BCUT2D eigenvalue weighted by atomic mass is 10.1. The Hall–Kier alpha value is -3.27. The van der Waals surface area contributed by atoms with Gasteiger partial charge < -0.3 is 20.3 Å². The smallest absolute Gasteiger partial charge is 0.326 e. The van der Waals surface area contributed by atoms with Gasteiger partial charge in [0.25, 0.3) is 0 Å². The molecule has 30 heavy (non-hydrogen) atoms. The van der Waals surface area contributed by atoms with Crippen LogP contribution in [0.15, 0.2) is 48.5 Å². The zero-order valence-corrected chi connectivity index (χ0v) is 16.3. The number of aromatic amines is 1. The summed E-state index contributed by atoms with van der Waals surface area (Å²) >= 11 is 6.33. The van der Waals surface area contributed by atoms with Crippen molar-refractivity contribution in [2.24, 2.45) is 0 Å². The molecule has 1 atom stereocenters. The van der Waals surface area contributed by atoms with E-state index in [0.717, 1.165) is 0 Å². The summed E-state index contributed by atoms with van der Waals surface area (Å²) in [6.45, 7) is -0.419. The molecule has 0 fully saturated rings. The molecule has 0 aliphatic rings. The normalized spacial score (nSPS) is 12.1. The SMILES string of the molecule is OCC(O)CNc1nc(Oc2ccccc2F)nc2n[nH]c(-c3ccccc3Cl)c12. The van der Waals surface area contributed by atoms with Gasteiger partial charge in [-0.2, -0.15) is 15.1 Å². The monoisotopic (exact) mass is 429 g/mol. The molecule has 4 rings (SSSR count). The van der Waals surface area contributed by atoms with E-state index in [0.29, 0.717) is 21.7 Å². The van der Waals surface area contributed by atoms with Crippen molar-refractivity contribution in [2.45, 2.75) is 6.10 Å². The molecule has 0 saturated carbocycles. The van der Waals surface area contributed by atoms with Crippen LogP contribution in [0.25, 0.3) is 22.3 Å². The minimum atomic E-state index is -1.01. The number of aliphatic hydroxyl groups excluding tert-OH is 2. The minimum Gasteiger partial charge on any atom is -0.421 e. The molecule has 0 bridgehead atoms. The summed E-state index contributed by atoms with van der Waals surface area (Å²) in [5.74, 6) is -0.326. The quantitative estimate of drug-likeness (QED) is 0.356. The minimum absolute atomic E-state index is 0.00882. The first-order valence-corrected chi connectivity index (χ1v) is 9.40. The van der Waals surface area contributed by atoms with Crippen molar-refractivity contribution in [2.75, 3.05) is 18.5 Å². The molecule has 0 amide bonds. The summed E-state index contributed by atoms with van der Waals surface area (Å²) in [7, 11) is 0. The number of nitrogens with one attached hydrogen (secondary N) is 2. The highest BCUT2D eigenvalue weighted by Crippen LogP contribution is 2.35. The first kappa shape index (κ1) is 20.0. The van der Waals surface area contributed by atoms with E-state index < -0.39 is 18.5 Å². The Balaban J connectivity index is 1.81. The van der Waals surface area contributed by atoms with Crippen LogP contribution in [0.5, 0.6) is 11.8 Å². The second kappa shape index (κ2) is 8.62. The number of H-pyrrole nitrogens is 1. The third-order valence-electron chi connectivity index (χ3n) is 4.29. The lowest BCUT2D eigenvalue weighted by Gasteiger charge is -2.12. The Morgan fingerprint density at radius 3 is 2.67 bits per heavy atom. The van der Waals surface area contributed by atoms with Gasteiger partial charge in [-0.05, 0) is 18.2 Å². The molecule has 2 aromatic heterocycles. The summed E-state index contributed by atoms with van der Waals surface area (Å²) in [6.07, 6.45) is -1.01. The zero-order valence-electron chi connectivity index (χ0n) is 15.5. The number of rotatable bonds is 7. The molecule has 4 N–H and O–H groups in total. The van der Waals surface area contributed by atoms with E-state index >= 15 is 0 Å². The maximum absolute atomic E-state index is 14.0. The van der Waals surface area contributed by atoms with Crippen molar-refractivity contribution in [1.29, 1.82) is 0 Å². The van der Waals surface area contributed by atoms with Crippen molar-refractivity contribution >= 4 is 28.5 Å². The Morgan fingerprint density at radius 2 is 1.90 bits per heavy atom. The highest BCUT2D eigenvalue weighted by atomic mass is 35.5. The Labute approximate surface area is 175 Å². The van der Waals surface area contributed by atoms with E-state index in [1.165, 1.54) is 12.1 Å². The van der Waals surface area contributed by atoms with Crippen LogP contribution in [-0.4, -0.2) is 49.6 Å². The van der Waals surface area contributed by atoms with Crippen molar-refractivity contribution in [1.82, 2.24) is 20.2 Å². The molecule has 0 radical (unpaired) electrons. The van der Waals surface area contributed by atoms with Crippen LogP contribution in [0, 0.1) is 5.82 Å². The number of fused-ring (bicyclic) bond motifs is 1. The first-order valence-electron chi connectivity index (χ1n) is 9.03. The molecule has 10 heteroatoms. The summed E-state index contributed by atoms with van der Waals surface area (Å²) < 4.78 is 19.5. The predicted octanol–water partition coefficient (Wildman–Crippen LogP) is 3.37. The highest BCUT2D eigenvalue weighted by molar-refractivity contribution is 6.33. The van der Waals surface area contributed by atoms with Gasteiger partial charge in [-0.3, -0.25) is 5.10 Å².